The van der Waals surface area contributed by atoms with Crippen LogP contribution in [0.4, 0.5) is 30.7 Å². The molecule has 5 aromatic carbocycles. The summed E-state index contributed by atoms with van der Waals surface area (Å²) in [7, 11) is 0. The van der Waals surface area contributed by atoms with Crippen molar-refractivity contribution in [2.75, 3.05) is 0 Å². The maximum Gasteiger partial charge on any atom is 0.432 e. The molecule has 0 atom stereocenters. The highest BCUT2D eigenvalue weighted by atomic mass is 19.3. The highest BCUT2D eigenvalue weighted by Gasteiger charge is 2.41. The summed E-state index contributed by atoms with van der Waals surface area (Å²) >= 11 is 0. The van der Waals surface area contributed by atoms with Crippen molar-refractivity contribution in [3.05, 3.63) is 137 Å². The number of nitrogens with zero attached hydrogens (tertiary/aromatic N) is 1. The third kappa shape index (κ3) is 6.91. The third-order valence-electron chi connectivity index (χ3n) is 7.56. The smallest absolute Gasteiger partial charge is 0.429 e. The first-order valence-corrected chi connectivity index (χ1v) is 14.5. The predicted octanol–water partition coefficient (Wildman–Crippen LogP) is 11.1. The minimum atomic E-state index is -4.48. The normalized spacial score (nSPS) is 11.4. The van der Waals surface area contributed by atoms with Gasteiger partial charge in [-0.25, -0.2) is 22.0 Å². The van der Waals surface area contributed by atoms with Crippen LogP contribution in [0.5, 0.6) is 5.75 Å². The van der Waals surface area contributed by atoms with Crippen molar-refractivity contribution in [1.29, 1.82) is 5.26 Å². The fraction of sp³-hybridized carbons (Fsp3) is 0.162. The summed E-state index contributed by atoms with van der Waals surface area (Å²) in [6.45, 7) is 2.13. The summed E-state index contributed by atoms with van der Waals surface area (Å²) in [5.41, 5.74) is -0.226. The van der Waals surface area contributed by atoms with E-state index >= 15 is 22.0 Å². The minimum absolute atomic E-state index is 0.0240. The molecule has 0 amide bonds. The summed E-state index contributed by atoms with van der Waals surface area (Å²) in [4.78, 5) is 0. The number of nitriles is 1. The molecule has 0 aliphatic rings. The number of hydrogen-bond donors (Lipinski definition) is 0. The van der Waals surface area contributed by atoms with Crippen LogP contribution in [-0.4, -0.2) is 0 Å². The second kappa shape index (κ2) is 13.5. The van der Waals surface area contributed by atoms with Gasteiger partial charge in [0, 0.05) is 5.56 Å². The number of halogens is 7. The van der Waals surface area contributed by atoms with Gasteiger partial charge in [-0.05, 0) is 88.7 Å². The van der Waals surface area contributed by atoms with E-state index in [1.807, 2.05) is 24.3 Å². The Bertz CT molecular complexity index is 1870. The first-order chi connectivity index (χ1) is 22.0. The van der Waals surface area contributed by atoms with Gasteiger partial charge in [-0.15, -0.1) is 0 Å². The van der Waals surface area contributed by atoms with E-state index in [1.54, 1.807) is 6.07 Å². The number of ether oxygens (including phenoxy) is 1. The quantitative estimate of drug-likeness (QED) is 0.113. The van der Waals surface area contributed by atoms with Crippen molar-refractivity contribution in [3.8, 4) is 45.2 Å². The van der Waals surface area contributed by atoms with Gasteiger partial charge in [-0.3, -0.25) is 0 Å². The van der Waals surface area contributed by atoms with Gasteiger partial charge in [0.25, 0.3) is 0 Å². The second-order valence-electron chi connectivity index (χ2n) is 10.7. The molecule has 0 aromatic heterocycles. The maximum atomic E-state index is 15.2. The van der Waals surface area contributed by atoms with Gasteiger partial charge >= 0.3 is 6.11 Å². The number of alkyl halides is 2. The fourth-order valence-corrected chi connectivity index (χ4v) is 5.14. The zero-order valence-corrected chi connectivity index (χ0v) is 24.5. The van der Waals surface area contributed by atoms with Crippen molar-refractivity contribution >= 4 is 0 Å². The lowest BCUT2D eigenvalue weighted by Gasteiger charge is -2.20. The summed E-state index contributed by atoms with van der Waals surface area (Å²) in [6, 6.07) is 20.7. The van der Waals surface area contributed by atoms with Gasteiger partial charge in [-0.1, -0.05) is 68.3 Å². The molecule has 0 saturated carbocycles. The molecule has 0 spiro atoms. The van der Waals surface area contributed by atoms with Crippen molar-refractivity contribution in [1.82, 2.24) is 0 Å². The topological polar surface area (TPSA) is 33.0 Å². The highest BCUT2D eigenvalue weighted by molar-refractivity contribution is 5.72. The van der Waals surface area contributed by atoms with Crippen molar-refractivity contribution in [2.24, 2.45) is 0 Å². The number of benzene rings is 5. The molecule has 0 bridgehead atoms. The molecule has 234 valence electrons. The van der Waals surface area contributed by atoms with Gasteiger partial charge in [0.05, 0.1) is 0 Å². The summed E-state index contributed by atoms with van der Waals surface area (Å²) in [5, 5.41) is 8.82. The second-order valence-corrected chi connectivity index (χ2v) is 10.7. The Morgan fingerprint density at radius 3 is 1.70 bits per heavy atom. The molecule has 2 nitrogen and oxygen atoms in total. The molecule has 0 N–H and O–H groups in total. The molecule has 0 aliphatic carbocycles. The van der Waals surface area contributed by atoms with Crippen LogP contribution in [0.3, 0.4) is 0 Å². The van der Waals surface area contributed by atoms with E-state index in [2.05, 4.69) is 11.7 Å². The van der Waals surface area contributed by atoms with Crippen molar-refractivity contribution in [2.45, 2.75) is 38.7 Å². The zero-order valence-electron chi connectivity index (χ0n) is 24.5. The van der Waals surface area contributed by atoms with E-state index < -0.39 is 52.1 Å². The Hall–Kier alpha value is -5.10. The molecule has 5 aromatic rings. The van der Waals surface area contributed by atoms with E-state index in [4.69, 9.17) is 5.26 Å². The van der Waals surface area contributed by atoms with Crippen LogP contribution in [0.1, 0.15) is 42.9 Å². The van der Waals surface area contributed by atoms with Crippen LogP contribution in [0, 0.1) is 40.4 Å². The van der Waals surface area contributed by atoms with Crippen LogP contribution in [0.15, 0.2) is 91.0 Å². The van der Waals surface area contributed by atoms with Crippen LogP contribution in [0.25, 0.3) is 33.4 Å². The largest absolute Gasteiger partial charge is 0.432 e. The third-order valence-corrected chi connectivity index (χ3v) is 7.56. The number of rotatable bonds is 10. The Kier molecular flexibility index (Phi) is 9.47. The summed E-state index contributed by atoms with van der Waals surface area (Å²) in [5.74, 6) is -6.79. The van der Waals surface area contributed by atoms with Crippen molar-refractivity contribution < 1.29 is 35.5 Å². The highest BCUT2D eigenvalue weighted by Crippen LogP contribution is 2.38. The van der Waals surface area contributed by atoms with E-state index in [1.165, 1.54) is 30.3 Å². The van der Waals surface area contributed by atoms with Gasteiger partial charge < -0.3 is 4.74 Å². The van der Waals surface area contributed by atoms with Crippen LogP contribution in [-0.2, 0) is 12.5 Å². The Balaban J connectivity index is 1.34. The van der Waals surface area contributed by atoms with Crippen LogP contribution >= 0.6 is 0 Å². The number of unbranched alkanes of at least 4 members (excludes halogenated alkanes) is 2. The first kappa shape index (κ1) is 32.3. The standard InChI is InChI=1S/C37H26F7NO/c1-2-3-4-5-22-6-8-23(9-7-22)25-12-15-29(31(38)16-25)27-19-34(41)36(35(42)20-27)37(43,44)46-28-13-10-24(11-14-28)26-17-32(39)30(21-45)33(40)18-26/h6-20H,2-5H2,1H3. The van der Waals surface area contributed by atoms with Gasteiger partial charge in [0.1, 0.15) is 52.0 Å². The van der Waals surface area contributed by atoms with Gasteiger partial charge in [0.2, 0.25) is 0 Å². The van der Waals surface area contributed by atoms with Gasteiger partial charge in [-0.2, -0.15) is 14.0 Å². The molecule has 0 radical (unpaired) electrons. The van der Waals surface area contributed by atoms with Gasteiger partial charge in [0.15, 0.2) is 0 Å². The first-order valence-electron chi connectivity index (χ1n) is 14.5. The maximum absolute atomic E-state index is 15.2. The lowest BCUT2D eigenvalue weighted by atomic mass is 9.97. The number of aryl methyl sites for hydroxylation is 1. The molecule has 0 fully saturated rings. The average Bonchev–Trinajstić information content (AvgIpc) is 3.01. The Morgan fingerprint density at radius 1 is 0.609 bits per heavy atom. The molecule has 46 heavy (non-hydrogen) atoms. The van der Waals surface area contributed by atoms with E-state index in [0.29, 0.717) is 17.7 Å². The van der Waals surface area contributed by atoms with E-state index in [-0.39, 0.29) is 22.3 Å². The number of hydrogen-bond acceptors (Lipinski definition) is 2. The molecule has 0 aliphatic heterocycles. The fourth-order valence-electron chi connectivity index (χ4n) is 5.14. The van der Waals surface area contributed by atoms with E-state index in [9.17, 15) is 8.78 Å². The molecule has 0 heterocycles. The summed E-state index contributed by atoms with van der Waals surface area (Å²) in [6.07, 6.45) is -0.222. The molecular formula is C37H26F7NO. The minimum Gasteiger partial charge on any atom is -0.429 e. The lowest BCUT2D eigenvalue weighted by Crippen LogP contribution is -2.25. The zero-order chi connectivity index (χ0) is 33.0. The monoisotopic (exact) mass is 633 g/mol. The SMILES string of the molecule is CCCCCc1ccc(-c2ccc(-c3cc(F)c(C(F)(F)Oc4ccc(-c5cc(F)c(C#N)c(F)c5)cc4)c(F)c3)c(F)c2)cc1. The lowest BCUT2D eigenvalue weighted by molar-refractivity contribution is -0.189. The molecule has 9 heteroatoms. The molecular weight excluding hydrogens is 607 g/mol. The van der Waals surface area contributed by atoms with Crippen molar-refractivity contribution in [3.63, 3.8) is 0 Å². The average molecular weight is 634 g/mol. The Labute approximate surface area is 261 Å². The summed E-state index contributed by atoms with van der Waals surface area (Å²) < 4.78 is 108. The van der Waals surface area contributed by atoms with Crippen LogP contribution in [0.2, 0.25) is 0 Å². The van der Waals surface area contributed by atoms with Crippen LogP contribution < -0.4 is 4.74 Å². The van der Waals surface area contributed by atoms with E-state index in [0.717, 1.165) is 61.1 Å². The Morgan fingerprint density at radius 2 is 1.13 bits per heavy atom. The molecule has 0 unspecified atom stereocenters. The molecule has 0 saturated heterocycles. The molecule has 5 rings (SSSR count). The predicted molar refractivity (Wildman–Crippen MR) is 161 cm³/mol.